The Labute approximate surface area is 108 Å². The van der Waals surface area contributed by atoms with Crippen LogP contribution in [0.1, 0.15) is 50.7 Å². The van der Waals surface area contributed by atoms with Crippen molar-refractivity contribution in [1.82, 2.24) is 4.98 Å². The largest absolute Gasteiger partial charge is 0.471 e. The van der Waals surface area contributed by atoms with Crippen LogP contribution in [0.2, 0.25) is 0 Å². The van der Waals surface area contributed by atoms with Crippen LogP contribution in [0.25, 0.3) is 0 Å². The van der Waals surface area contributed by atoms with E-state index < -0.39 is 5.67 Å². The lowest BCUT2D eigenvalue weighted by Gasteiger charge is -2.44. The fraction of sp³-hybridized carbons (Fsp3) is 0.667. The molecule has 1 saturated carbocycles. The lowest BCUT2D eigenvalue weighted by atomic mass is 9.75. The van der Waals surface area contributed by atoms with Gasteiger partial charge in [-0.05, 0) is 57.6 Å². The van der Waals surface area contributed by atoms with Crippen molar-refractivity contribution in [3.8, 4) is 5.88 Å². The first-order valence-corrected chi connectivity index (χ1v) is 6.82. The molecule has 0 amide bonds. The quantitative estimate of drug-likeness (QED) is 0.798. The van der Waals surface area contributed by atoms with Crippen molar-refractivity contribution in [2.45, 2.75) is 63.6 Å². The van der Waals surface area contributed by atoms with Crippen LogP contribution in [0.4, 0.5) is 4.39 Å². The van der Waals surface area contributed by atoms with Crippen LogP contribution in [0.3, 0.4) is 0 Å². The number of pyridine rings is 1. The predicted molar refractivity (Wildman–Crippen MR) is 68.7 cm³/mol. The van der Waals surface area contributed by atoms with E-state index >= 15 is 0 Å². The van der Waals surface area contributed by atoms with Crippen molar-refractivity contribution in [3.05, 3.63) is 23.4 Å². The third kappa shape index (κ3) is 2.23. The van der Waals surface area contributed by atoms with E-state index in [4.69, 9.17) is 4.74 Å². The Kier molecular flexibility index (Phi) is 2.61. The van der Waals surface area contributed by atoms with Crippen molar-refractivity contribution in [2.24, 2.45) is 0 Å². The maximum atomic E-state index is 13.6. The fourth-order valence-electron chi connectivity index (χ4n) is 2.94. The van der Waals surface area contributed by atoms with E-state index in [1.807, 2.05) is 0 Å². The number of aromatic nitrogens is 1. The Balaban J connectivity index is 1.80. The van der Waals surface area contributed by atoms with Gasteiger partial charge in [-0.15, -0.1) is 0 Å². The molecule has 2 heterocycles. The summed E-state index contributed by atoms with van der Waals surface area (Å²) in [5.74, 6) is 0.779. The van der Waals surface area contributed by atoms with Crippen molar-refractivity contribution < 1.29 is 9.13 Å². The Bertz CT molecular complexity index is 460. The van der Waals surface area contributed by atoms with Crippen LogP contribution < -0.4 is 4.74 Å². The topological polar surface area (TPSA) is 22.1 Å². The monoisotopic (exact) mass is 249 g/mol. The van der Waals surface area contributed by atoms with E-state index in [9.17, 15) is 4.39 Å². The van der Waals surface area contributed by atoms with Gasteiger partial charge in [-0.25, -0.2) is 9.37 Å². The van der Waals surface area contributed by atoms with Crippen molar-refractivity contribution in [3.63, 3.8) is 0 Å². The molecule has 0 saturated heterocycles. The normalized spacial score (nSPS) is 21.1. The molecule has 0 N–H and O–H groups in total. The zero-order valence-corrected chi connectivity index (χ0v) is 11.1. The van der Waals surface area contributed by atoms with Gasteiger partial charge in [-0.3, -0.25) is 0 Å². The zero-order chi connectivity index (χ0) is 12.8. The summed E-state index contributed by atoms with van der Waals surface area (Å²) in [6.07, 6.45) is 7.87. The highest BCUT2D eigenvalue weighted by atomic mass is 19.1. The molecule has 0 radical (unpaired) electrons. The minimum atomic E-state index is -1.18. The first-order chi connectivity index (χ1) is 8.46. The van der Waals surface area contributed by atoms with E-state index in [1.54, 1.807) is 20.0 Å². The van der Waals surface area contributed by atoms with Gasteiger partial charge in [0, 0.05) is 18.2 Å². The van der Waals surface area contributed by atoms with Gasteiger partial charge in [0.1, 0.15) is 11.3 Å². The number of hydrogen-bond acceptors (Lipinski definition) is 2. The number of fused-ring (bicyclic) bond motifs is 1. The molecule has 0 unspecified atom stereocenters. The van der Waals surface area contributed by atoms with Gasteiger partial charge in [-0.2, -0.15) is 0 Å². The molecule has 0 aromatic carbocycles. The molecule has 1 fully saturated rings. The summed E-state index contributed by atoms with van der Waals surface area (Å²) in [7, 11) is 0. The van der Waals surface area contributed by atoms with E-state index in [-0.39, 0.29) is 5.60 Å². The lowest BCUT2D eigenvalue weighted by molar-refractivity contribution is -0.0290. The molecule has 18 heavy (non-hydrogen) atoms. The number of rotatable bonds is 2. The molecule has 0 atom stereocenters. The zero-order valence-electron chi connectivity index (χ0n) is 11.1. The van der Waals surface area contributed by atoms with Crippen LogP contribution in [-0.2, 0) is 12.8 Å². The molecular formula is C15H20FNO. The molecule has 98 valence electrons. The highest BCUT2D eigenvalue weighted by Crippen LogP contribution is 2.44. The molecule has 1 aliphatic heterocycles. The summed E-state index contributed by atoms with van der Waals surface area (Å²) in [6.45, 7) is 3.21. The molecule has 2 nitrogen and oxygen atoms in total. The Morgan fingerprint density at radius 2 is 2.17 bits per heavy atom. The van der Waals surface area contributed by atoms with Crippen molar-refractivity contribution >= 4 is 0 Å². The third-order valence-corrected chi connectivity index (χ3v) is 4.03. The smallest absolute Gasteiger partial charge is 0.217 e. The molecule has 0 bridgehead atoms. The van der Waals surface area contributed by atoms with Gasteiger partial charge in [0.05, 0.1) is 0 Å². The summed E-state index contributed by atoms with van der Waals surface area (Å²) in [5, 5.41) is 0. The number of ether oxygens (including phenoxy) is 1. The summed E-state index contributed by atoms with van der Waals surface area (Å²) < 4.78 is 19.7. The van der Waals surface area contributed by atoms with Crippen molar-refractivity contribution in [1.29, 1.82) is 0 Å². The second kappa shape index (κ2) is 3.94. The number of hydrogen-bond donors (Lipinski definition) is 0. The highest BCUT2D eigenvalue weighted by Gasteiger charge is 2.42. The minimum Gasteiger partial charge on any atom is -0.471 e. The van der Waals surface area contributed by atoms with Gasteiger partial charge >= 0.3 is 0 Å². The number of nitrogens with zero attached hydrogens (tertiary/aromatic N) is 1. The first-order valence-electron chi connectivity index (χ1n) is 6.82. The number of alkyl halides is 1. The second-order valence-corrected chi connectivity index (χ2v) is 6.34. The Hall–Kier alpha value is -1.12. The van der Waals surface area contributed by atoms with Gasteiger partial charge in [0.2, 0.25) is 5.88 Å². The van der Waals surface area contributed by atoms with Gasteiger partial charge in [0.25, 0.3) is 0 Å². The highest BCUT2D eigenvalue weighted by molar-refractivity contribution is 5.33. The molecule has 3 heteroatoms. The van der Waals surface area contributed by atoms with E-state index in [0.29, 0.717) is 6.42 Å². The van der Waals surface area contributed by atoms with Gasteiger partial charge in [0.15, 0.2) is 0 Å². The third-order valence-electron chi connectivity index (χ3n) is 4.03. The minimum absolute atomic E-state index is 0.0842. The molecule has 1 aromatic heterocycles. The predicted octanol–water partition coefficient (Wildman–Crippen LogP) is 3.62. The summed E-state index contributed by atoms with van der Waals surface area (Å²) >= 11 is 0. The average molecular weight is 249 g/mol. The second-order valence-electron chi connectivity index (χ2n) is 6.34. The Morgan fingerprint density at radius 1 is 1.39 bits per heavy atom. The summed E-state index contributed by atoms with van der Waals surface area (Å²) in [5.41, 5.74) is 1.02. The molecule has 1 aliphatic carbocycles. The molecule has 2 aliphatic rings. The van der Waals surface area contributed by atoms with Crippen LogP contribution in [0.15, 0.2) is 12.3 Å². The number of halogens is 1. The molecular weight excluding hydrogens is 229 g/mol. The van der Waals surface area contributed by atoms with Crippen LogP contribution in [0.5, 0.6) is 5.88 Å². The summed E-state index contributed by atoms with van der Waals surface area (Å²) in [4.78, 5) is 4.39. The lowest BCUT2D eigenvalue weighted by Crippen LogP contribution is -2.46. The van der Waals surface area contributed by atoms with Crippen molar-refractivity contribution in [2.75, 3.05) is 0 Å². The Morgan fingerprint density at radius 3 is 2.78 bits per heavy atom. The average Bonchev–Trinajstić information content (AvgIpc) is 2.24. The number of aryl methyl sites for hydroxylation is 1. The molecule has 1 aromatic rings. The van der Waals surface area contributed by atoms with Crippen LogP contribution in [-0.4, -0.2) is 16.3 Å². The SMILES string of the molecule is CC(C)(F)Cc1cnc2c(c1)CCC1(CCC1)O2. The van der Waals surface area contributed by atoms with E-state index in [0.717, 1.165) is 42.7 Å². The van der Waals surface area contributed by atoms with Gasteiger partial charge in [-0.1, -0.05) is 0 Å². The van der Waals surface area contributed by atoms with Crippen LogP contribution >= 0.6 is 0 Å². The fourth-order valence-corrected chi connectivity index (χ4v) is 2.94. The maximum Gasteiger partial charge on any atom is 0.217 e. The maximum absolute atomic E-state index is 13.6. The molecule has 3 rings (SSSR count). The van der Waals surface area contributed by atoms with Crippen LogP contribution in [0, 0.1) is 0 Å². The summed E-state index contributed by atoms with van der Waals surface area (Å²) in [6, 6.07) is 2.06. The molecule has 1 spiro atoms. The first kappa shape index (κ1) is 11.9. The van der Waals surface area contributed by atoms with E-state index in [2.05, 4.69) is 11.1 Å². The standard InChI is InChI=1S/C15H20FNO/c1-14(2,16)9-11-8-12-4-7-15(5-3-6-15)18-13(12)17-10-11/h8,10H,3-7,9H2,1-2H3. The van der Waals surface area contributed by atoms with Gasteiger partial charge < -0.3 is 4.74 Å². The van der Waals surface area contributed by atoms with E-state index in [1.165, 1.54) is 6.42 Å².